The summed E-state index contributed by atoms with van der Waals surface area (Å²) in [4.78, 5) is 43.2. The summed E-state index contributed by atoms with van der Waals surface area (Å²) in [5.74, 6) is 0.866. The van der Waals surface area contributed by atoms with Gasteiger partial charge in [-0.3, -0.25) is 9.59 Å². The minimum absolute atomic E-state index is 0.00405. The fraction of sp³-hybridized carbons (Fsp3) is 0.438. The number of likely N-dealkylation sites (tertiary alicyclic amines) is 1. The lowest BCUT2D eigenvalue weighted by Crippen LogP contribution is -2.52. The van der Waals surface area contributed by atoms with Gasteiger partial charge in [-0.15, -0.1) is 0 Å². The Morgan fingerprint density at radius 2 is 1.61 bits per heavy atom. The molecule has 2 atom stereocenters. The van der Waals surface area contributed by atoms with Crippen LogP contribution >= 0.6 is 0 Å². The second-order valence-corrected chi connectivity index (χ2v) is 11.5. The summed E-state index contributed by atoms with van der Waals surface area (Å²) in [5.41, 5.74) is 3.06. The SMILES string of the molecule is O=C(N[C@H]1CCN(C(=O)c2cc(N3CCCCC3)nc3ccccc23)C1)[C@@H]1CCCCN1c1nc2ccccc2o1. The Balaban J connectivity index is 1.06. The summed E-state index contributed by atoms with van der Waals surface area (Å²) in [6.45, 7) is 3.78. The topological polar surface area (TPSA) is 94.8 Å². The second kappa shape index (κ2) is 11.0. The minimum atomic E-state index is -0.335. The summed E-state index contributed by atoms with van der Waals surface area (Å²) in [5, 5.41) is 4.13. The first-order valence-corrected chi connectivity index (χ1v) is 15.0. The number of hydrogen-bond acceptors (Lipinski definition) is 7. The number of benzene rings is 2. The van der Waals surface area contributed by atoms with E-state index in [0.717, 1.165) is 86.0 Å². The lowest BCUT2D eigenvalue weighted by molar-refractivity contribution is -0.123. The molecule has 0 bridgehead atoms. The Morgan fingerprint density at radius 1 is 0.829 bits per heavy atom. The molecule has 0 radical (unpaired) electrons. The first-order chi connectivity index (χ1) is 20.1. The Bertz CT molecular complexity index is 1550. The number of fused-ring (bicyclic) bond motifs is 2. The van der Waals surface area contributed by atoms with E-state index < -0.39 is 0 Å². The summed E-state index contributed by atoms with van der Waals surface area (Å²) < 4.78 is 6.02. The van der Waals surface area contributed by atoms with Gasteiger partial charge in [0.2, 0.25) is 5.91 Å². The molecule has 4 aromatic rings. The molecule has 9 heteroatoms. The van der Waals surface area contributed by atoms with Gasteiger partial charge in [-0.2, -0.15) is 4.98 Å². The highest BCUT2D eigenvalue weighted by Gasteiger charge is 2.35. The Morgan fingerprint density at radius 3 is 2.46 bits per heavy atom. The largest absolute Gasteiger partial charge is 0.423 e. The van der Waals surface area contributed by atoms with Gasteiger partial charge < -0.3 is 24.4 Å². The molecule has 5 heterocycles. The summed E-state index contributed by atoms with van der Waals surface area (Å²) in [7, 11) is 0. The summed E-state index contributed by atoms with van der Waals surface area (Å²) in [6.07, 6.45) is 7.00. The van der Waals surface area contributed by atoms with Gasteiger partial charge in [-0.25, -0.2) is 4.98 Å². The molecule has 0 unspecified atom stereocenters. The van der Waals surface area contributed by atoms with E-state index in [0.29, 0.717) is 24.7 Å². The van der Waals surface area contributed by atoms with E-state index in [1.807, 2.05) is 64.4 Å². The predicted octanol–water partition coefficient (Wildman–Crippen LogP) is 4.76. The third-order valence-corrected chi connectivity index (χ3v) is 8.77. The van der Waals surface area contributed by atoms with Gasteiger partial charge in [0.15, 0.2) is 5.58 Å². The van der Waals surface area contributed by atoms with Crippen LogP contribution in [0.1, 0.15) is 55.3 Å². The molecular weight excluding hydrogens is 516 g/mol. The molecule has 9 nitrogen and oxygen atoms in total. The standard InChI is InChI=1S/C32H36N6O3/c39-30(27-13-6-9-18-38(27)32-35-26-12-4-5-14-28(26)41-32)33-22-15-19-37(21-22)31(40)24-20-29(36-16-7-1-8-17-36)34-25-11-3-2-10-23(24)25/h2-5,10-12,14,20,22,27H,1,6-9,13,15-19,21H2,(H,33,39)/t22-,27-/m0/s1. The highest BCUT2D eigenvalue weighted by Crippen LogP contribution is 2.29. The van der Waals surface area contributed by atoms with Crippen LogP contribution in [0.2, 0.25) is 0 Å². The molecule has 0 saturated carbocycles. The minimum Gasteiger partial charge on any atom is -0.423 e. The molecule has 0 spiro atoms. The van der Waals surface area contributed by atoms with Crippen molar-refractivity contribution in [2.45, 2.75) is 57.0 Å². The molecular formula is C32H36N6O3. The number of rotatable bonds is 5. The molecule has 3 aliphatic rings. The molecule has 1 N–H and O–H groups in total. The molecule has 2 aromatic heterocycles. The molecule has 2 amide bonds. The number of carbonyl (C=O) groups excluding carboxylic acids is 2. The molecule has 3 aliphatic heterocycles. The van der Waals surface area contributed by atoms with Crippen LogP contribution in [0.5, 0.6) is 0 Å². The highest BCUT2D eigenvalue weighted by atomic mass is 16.4. The number of para-hydroxylation sites is 3. The van der Waals surface area contributed by atoms with E-state index in [-0.39, 0.29) is 23.9 Å². The maximum Gasteiger partial charge on any atom is 0.299 e. The molecule has 3 fully saturated rings. The van der Waals surface area contributed by atoms with Gasteiger partial charge in [0.1, 0.15) is 17.4 Å². The maximum absolute atomic E-state index is 13.9. The van der Waals surface area contributed by atoms with Crippen molar-refractivity contribution in [2.75, 3.05) is 42.5 Å². The first-order valence-electron chi connectivity index (χ1n) is 15.0. The van der Waals surface area contributed by atoms with Gasteiger partial charge in [-0.05, 0) is 69.2 Å². The van der Waals surface area contributed by atoms with Crippen molar-refractivity contribution in [3.8, 4) is 0 Å². The van der Waals surface area contributed by atoms with Gasteiger partial charge in [-0.1, -0.05) is 30.3 Å². The van der Waals surface area contributed by atoms with Gasteiger partial charge in [0.05, 0.1) is 11.1 Å². The quantitative estimate of drug-likeness (QED) is 0.382. The van der Waals surface area contributed by atoms with E-state index in [1.165, 1.54) is 6.42 Å². The number of piperidine rings is 2. The molecule has 41 heavy (non-hydrogen) atoms. The molecule has 2 aromatic carbocycles. The number of nitrogens with zero attached hydrogens (tertiary/aromatic N) is 5. The average molecular weight is 553 g/mol. The van der Waals surface area contributed by atoms with Crippen molar-refractivity contribution >= 4 is 45.6 Å². The fourth-order valence-electron chi connectivity index (χ4n) is 6.57. The van der Waals surface area contributed by atoms with Crippen LogP contribution in [0.15, 0.2) is 59.0 Å². The van der Waals surface area contributed by atoms with Crippen molar-refractivity contribution in [3.05, 3.63) is 60.2 Å². The van der Waals surface area contributed by atoms with Crippen LogP contribution in [0, 0.1) is 0 Å². The number of aromatic nitrogens is 2. The fourth-order valence-corrected chi connectivity index (χ4v) is 6.57. The zero-order valence-electron chi connectivity index (χ0n) is 23.3. The second-order valence-electron chi connectivity index (χ2n) is 11.5. The highest BCUT2D eigenvalue weighted by molar-refractivity contribution is 6.07. The number of anilines is 2. The van der Waals surface area contributed by atoms with Crippen molar-refractivity contribution in [1.29, 1.82) is 0 Å². The van der Waals surface area contributed by atoms with Crippen LogP contribution in [-0.2, 0) is 4.79 Å². The molecule has 0 aliphatic carbocycles. The normalized spacial score (nSPS) is 21.5. The van der Waals surface area contributed by atoms with E-state index in [9.17, 15) is 9.59 Å². The molecule has 7 rings (SSSR count). The third kappa shape index (κ3) is 5.09. The average Bonchev–Trinajstić information content (AvgIpc) is 3.68. The Kier molecular flexibility index (Phi) is 6.94. The Hall–Kier alpha value is -4.14. The number of carbonyl (C=O) groups is 2. The van der Waals surface area contributed by atoms with E-state index in [1.54, 1.807) is 0 Å². The maximum atomic E-state index is 13.9. The van der Waals surface area contributed by atoms with Gasteiger partial charge >= 0.3 is 0 Å². The van der Waals surface area contributed by atoms with E-state index >= 15 is 0 Å². The smallest absolute Gasteiger partial charge is 0.299 e. The Labute approximate surface area is 239 Å². The van der Waals surface area contributed by atoms with Crippen molar-refractivity contribution in [1.82, 2.24) is 20.2 Å². The zero-order chi connectivity index (χ0) is 27.8. The van der Waals surface area contributed by atoms with Crippen LogP contribution in [0.4, 0.5) is 11.8 Å². The van der Waals surface area contributed by atoms with Crippen LogP contribution in [-0.4, -0.2) is 71.5 Å². The van der Waals surface area contributed by atoms with Crippen molar-refractivity contribution in [2.24, 2.45) is 0 Å². The van der Waals surface area contributed by atoms with Crippen molar-refractivity contribution in [3.63, 3.8) is 0 Å². The van der Waals surface area contributed by atoms with Crippen LogP contribution < -0.4 is 15.1 Å². The molecule has 3 saturated heterocycles. The lowest BCUT2D eigenvalue weighted by Gasteiger charge is -2.34. The van der Waals surface area contributed by atoms with Gasteiger partial charge in [0, 0.05) is 44.2 Å². The van der Waals surface area contributed by atoms with Gasteiger partial charge in [0.25, 0.3) is 11.9 Å². The monoisotopic (exact) mass is 552 g/mol. The number of amides is 2. The third-order valence-electron chi connectivity index (χ3n) is 8.77. The van der Waals surface area contributed by atoms with E-state index in [2.05, 4.69) is 15.2 Å². The predicted molar refractivity (Wildman–Crippen MR) is 159 cm³/mol. The first kappa shape index (κ1) is 25.8. The van der Waals surface area contributed by atoms with E-state index in [4.69, 9.17) is 9.40 Å². The van der Waals surface area contributed by atoms with Crippen LogP contribution in [0.25, 0.3) is 22.0 Å². The zero-order valence-corrected chi connectivity index (χ0v) is 23.3. The number of hydrogen-bond donors (Lipinski definition) is 1. The number of oxazole rings is 1. The number of nitrogens with one attached hydrogen (secondary N) is 1. The lowest BCUT2D eigenvalue weighted by atomic mass is 10.0. The van der Waals surface area contributed by atoms with Crippen LogP contribution in [0.3, 0.4) is 0 Å². The summed E-state index contributed by atoms with van der Waals surface area (Å²) >= 11 is 0. The number of pyridine rings is 1. The molecule has 212 valence electrons. The van der Waals surface area contributed by atoms with Crippen molar-refractivity contribution < 1.29 is 14.0 Å². The summed E-state index contributed by atoms with van der Waals surface area (Å²) in [6, 6.07) is 17.6.